The Kier molecular flexibility index (Phi) is 9.78. The first-order valence-electron chi connectivity index (χ1n) is 8.58. The first-order chi connectivity index (χ1) is 10.3. The van der Waals surface area contributed by atoms with E-state index in [2.05, 4.69) is 40.6 Å². The summed E-state index contributed by atoms with van der Waals surface area (Å²) < 4.78 is 0. The molecule has 2 atom stereocenters. The molecule has 0 amide bonds. The number of azide groups is 1. The van der Waals surface area contributed by atoms with Crippen molar-refractivity contribution in [3.05, 3.63) is 10.4 Å². The highest BCUT2D eigenvalue weighted by Crippen LogP contribution is 2.23. The van der Waals surface area contributed by atoms with Crippen LogP contribution in [0.5, 0.6) is 0 Å². The Morgan fingerprint density at radius 3 is 2.81 bits per heavy atom. The van der Waals surface area contributed by atoms with Gasteiger partial charge in [-0.1, -0.05) is 50.6 Å². The van der Waals surface area contributed by atoms with E-state index in [9.17, 15) is 0 Å². The number of hydrogen-bond donors (Lipinski definition) is 0. The van der Waals surface area contributed by atoms with Crippen molar-refractivity contribution in [2.75, 3.05) is 13.1 Å². The van der Waals surface area contributed by atoms with Gasteiger partial charge in [0.2, 0.25) is 0 Å². The van der Waals surface area contributed by atoms with Crippen LogP contribution in [0.25, 0.3) is 10.4 Å². The van der Waals surface area contributed by atoms with Crippen LogP contribution in [0.2, 0.25) is 0 Å². The highest BCUT2D eigenvalue weighted by molar-refractivity contribution is 5.10. The fourth-order valence-corrected chi connectivity index (χ4v) is 2.96. The third-order valence-corrected chi connectivity index (χ3v) is 4.18. The minimum Gasteiger partial charge on any atom is -0.287 e. The Bertz CT molecular complexity index is 376. The van der Waals surface area contributed by atoms with Gasteiger partial charge in [-0.05, 0) is 37.8 Å². The summed E-state index contributed by atoms with van der Waals surface area (Å²) in [4.78, 5) is 5.41. The topological polar surface area (TPSA) is 52.0 Å². The van der Waals surface area contributed by atoms with Gasteiger partial charge in [0.15, 0.2) is 0 Å². The fourth-order valence-electron chi connectivity index (χ4n) is 2.96. The lowest BCUT2D eigenvalue weighted by atomic mass is 10.1. The summed E-state index contributed by atoms with van der Waals surface area (Å²) in [6, 6.07) is 0.753. The molecule has 1 heterocycles. The average molecular weight is 290 g/mol. The van der Waals surface area contributed by atoms with Gasteiger partial charge >= 0.3 is 0 Å². The van der Waals surface area contributed by atoms with Crippen molar-refractivity contribution in [2.24, 2.45) is 5.11 Å². The van der Waals surface area contributed by atoms with Gasteiger partial charge in [-0.3, -0.25) is 4.90 Å². The molecule has 0 bridgehead atoms. The van der Waals surface area contributed by atoms with Crippen LogP contribution >= 0.6 is 0 Å². The predicted octanol–water partition coefficient (Wildman–Crippen LogP) is 4.90. The first kappa shape index (κ1) is 17.9. The largest absolute Gasteiger partial charge is 0.287 e. The molecule has 0 aliphatic carbocycles. The molecule has 0 radical (unpaired) electrons. The van der Waals surface area contributed by atoms with Crippen LogP contribution in [-0.4, -0.2) is 30.1 Å². The van der Waals surface area contributed by atoms with E-state index < -0.39 is 0 Å². The predicted molar refractivity (Wildman–Crippen MR) is 89.0 cm³/mol. The molecule has 0 unspecified atom stereocenters. The molecule has 0 N–H and O–H groups in total. The second-order valence-corrected chi connectivity index (χ2v) is 5.88. The summed E-state index contributed by atoms with van der Waals surface area (Å²) in [5, 5.41) is 3.78. The average Bonchev–Trinajstić information content (AvgIpc) is 2.96. The van der Waals surface area contributed by atoms with Crippen LogP contribution in [0, 0.1) is 11.8 Å². The number of likely N-dealkylation sites (tertiary alicyclic amines) is 1. The van der Waals surface area contributed by atoms with Crippen LogP contribution in [-0.2, 0) is 0 Å². The maximum atomic E-state index is 8.54. The zero-order chi connectivity index (χ0) is 15.3. The monoisotopic (exact) mass is 290 g/mol. The van der Waals surface area contributed by atoms with E-state index in [0.29, 0.717) is 18.6 Å². The minimum absolute atomic E-state index is 0.356. The van der Waals surface area contributed by atoms with Gasteiger partial charge < -0.3 is 0 Å². The van der Waals surface area contributed by atoms with Crippen molar-refractivity contribution in [2.45, 2.75) is 83.7 Å². The Labute approximate surface area is 129 Å². The van der Waals surface area contributed by atoms with Crippen molar-refractivity contribution >= 4 is 0 Å². The molecule has 0 saturated carbocycles. The first-order valence-corrected chi connectivity index (χ1v) is 8.58. The summed E-state index contributed by atoms with van der Waals surface area (Å²) in [5.74, 6) is 6.87. The third kappa shape index (κ3) is 6.89. The molecular weight excluding hydrogens is 260 g/mol. The summed E-state index contributed by atoms with van der Waals surface area (Å²) in [7, 11) is 0. The van der Waals surface area contributed by atoms with Crippen LogP contribution in [0.4, 0.5) is 0 Å². The van der Waals surface area contributed by atoms with E-state index in [-0.39, 0.29) is 0 Å². The van der Waals surface area contributed by atoms with Crippen LogP contribution in [0.1, 0.15) is 71.6 Å². The van der Waals surface area contributed by atoms with Gasteiger partial charge in [-0.2, -0.15) is 0 Å². The molecule has 1 rings (SSSR count). The highest BCUT2D eigenvalue weighted by atomic mass is 15.2. The number of hydrogen-bond acceptors (Lipinski definition) is 2. The zero-order valence-corrected chi connectivity index (χ0v) is 13.7. The van der Waals surface area contributed by atoms with Crippen molar-refractivity contribution in [1.29, 1.82) is 0 Å². The molecule has 1 fully saturated rings. The summed E-state index contributed by atoms with van der Waals surface area (Å²) in [6.45, 7) is 6.14. The molecule has 0 aromatic heterocycles. The Morgan fingerprint density at radius 2 is 2.10 bits per heavy atom. The zero-order valence-electron chi connectivity index (χ0n) is 13.7. The Hall–Kier alpha value is -1.17. The smallest absolute Gasteiger partial charge is 0.0716 e. The molecule has 1 aliphatic heterocycles. The summed E-state index contributed by atoms with van der Waals surface area (Å²) >= 11 is 0. The van der Waals surface area contributed by atoms with E-state index in [1.54, 1.807) is 0 Å². The molecule has 1 aliphatic rings. The molecule has 118 valence electrons. The van der Waals surface area contributed by atoms with Crippen LogP contribution in [0.3, 0.4) is 0 Å². The lowest BCUT2D eigenvalue weighted by molar-refractivity contribution is 0.209. The lowest BCUT2D eigenvalue weighted by Gasteiger charge is -2.29. The molecule has 4 nitrogen and oxygen atoms in total. The van der Waals surface area contributed by atoms with Gasteiger partial charge in [0.25, 0.3) is 0 Å². The van der Waals surface area contributed by atoms with E-state index >= 15 is 0 Å². The molecule has 4 heteroatoms. The Balaban J connectivity index is 2.62. The van der Waals surface area contributed by atoms with Gasteiger partial charge in [0.05, 0.1) is 6.04 Å². The summed E-state index contributed by atoms with van der Waals surface area (Å²) in [5.41, 5.74) is 8.54. The van der Waals surface area contributed by atoms with E-state index in [0.717, 1.165) is 25.8 Å². The van der Waals surface area contributed by atoms with Gasteiger partial charge in [0, 0.05) is 23.9 Å². The molecule has 0 aromatic carbocycles. The third-order valence-electron chi connectivity index (χ3n) is 4.18. The van der Waals surface area contributed by atoms with Crippen molar-refractivity contribution in [1.82, 2.24) is 4.90 Å². The normalized spacial score (nSPS) is 19.6. The fraction of sp³-hybridized carbons (Fsp3) is 0.882. The number of rotatable bonds is 9. The molecule has 21 heavy (non-hydrogen) atoms. The minimum atomic E-state index is 0.356. The lowest BCUT2D eigenvalue weighted by Crippen LogP contribution is -2.39. The summed E-state index contributed by atoms with van der Waals surface area (Å²) in [6.07, 6.45) is 10.7. The van der Waals surface area contributed by atoms with Gasteiger partial charge in [-0.15, -0.1) is 5.92 Å². The second-order valence-electron chi connectivity index (χ2n) is 5.88. The molecular formula is C17H30N4. The van der Waals surface area contributed by atoms with Crippen molar-refractivity contribution in [3.8, 4) is 11.8 Å². The van der Waals surface area contributed by atoms with E-state index in [1.165, 1.54) is 38.5 Å². The van der Waals surface area contributed by atoms with Crippen molar-refractivity contribution < 1.29 is 0 Å². The quantitative estimate of drug-likeness (QED) is 0.196. The van der Waals surface area contributed by atoms with Crippen LogP contribution < -0.4 is 0 Å². The second kappa shape index (κ2) is 11.5. The number of nitrogens with zero attached hydrogens (tertiary/aromatic N) is 4. The number of unbranched alkanes of at least 4 members (excludes halogenated alkanes) is 4. The maximum absolute atomic E-state index is 8.54. The van der Waals surface area contributed by atoms with Gasteiger partial charge in [0.1, 0.15) is 0 Å². The highest BCUT2D eigenvalue weighted by Gasteiger charge is 2.28. The molecule has 0 spiro atoms. The van der Waals surface area contributed by atoms with E-state index in [4.69, 9.17) is 5.53 Å². The SMILES string of the molecule is CCCCC#C[C@H](CCCCC)N1CCC[C@H]1CN=[N+]=[N-]. The van der Waals surface area contributed by atoms with Crippen LogP contribution in [0.15, 0.2) is 5.11 Å². The maximum Gasteiger partial charge on any atom is 0.0716 e. The standard InChI is InChI=1S/C17H30N4/c1-3-5-7-9-12-16(11-8-6-4-2)21-14-10-13-17(21)15-19-20-18/h16-17H,3-8,10-11,13-15H2,1-2H3/t16-,17-/m0/s1. The molecule has 0 aromatic rings. The van der Waals surface area contributed by atoms with E-state index in [1.807, 2.05) is 0 Å². The molecule has 1 saturated heterocycles. The Morgan fingerprint density at radius 1 is 1.29 bits per heavy atom. The van der Waals surface area contributed by atoms with Crippen molar-refractivity contribution in [3.63, 3.8) is 0 Å². The van der Waals surface area contributed by atoms with Gasteiger partial charge in [-0.25, -0.2) is 0 Å².